The third kappa shape index (κ3) is 3.76. The number of aromatic nitrogens is 5. The average Bonchev–Trinajstić information content (AvgIpc) is 3.41. The maximum atomic E-state index is 9.95. The first-order valence-corrected chi connectivity index (χ1v) is 9.80. The fourth-order valence-electron chi connectivity index (χ4n) is 3.25. The summed E-state index contributed by atoms with van der Waals surface area (Å²) in [6.07, 6.45) is 5.37. The summed E-state index contributed by atoms with van der Waals surface area (Å²) < 4.78 is 1.59. The molecule has 5 N–H and O–H groups in total. The van der Waals surface area contributed by atoms with Crippen LogP contribution in [-0.4, -0.2) is 40.8 Å². The second-order valence-corrected chi connectivity index (χ2v) is 7.34. The SMILES string of the molecule is N#CC(Nc1nc(=[NH+]C2CC2)n2ncc(=Cc3cc(O)[nH]c3O)c2n1)c1ccccc1. The molecule has 1 unspecified atom stereocenters. The summed E-state index contributed by atoms with van der Waals surface area (Å²) in [5, 5.41) is 37.3. The van der Waals surface area contributed by atoms with Crippen LogP contribution in [0.25, 0.3) is 11.7 Å². The molecule has 1 atom stereocenters. The Morgan fingerprint density at radius 1 is 1.26 bits per heavy atom. The summed E-state index contributed by atoms with van der Waals surface area (Å²) in [5.41, 5.74) is 2.21. The number of fused-ring (bicyclic) bond motifs is 1. The zero-order valence-corrected chi connectivity index (χ0v) is 16.3. The number of anilines is 1. The fourth-order valence-corrected chi connectivity index (χ4v) is 3.25. The Hall–Kier alpha value is -4.39. The molecular formula is C21H19N8O2+. The molecule has 3 heterocycles. The molecule has 31 heavy (non-hydrogen) atoms. The van der Waals surface area contributed by atoms with E-state index in [4.69, 9.17) is 0 Å². The fraction of sp³-hybridized carbons (Fsp3) is 0.190. The lowest BCUT2D eigenvalue weighted by atomic mass is 10.1. The normalized spacial score (nSPS) is 15.8. The molecule has 0 radical (unpaired) electrons. The first kappa shape index (κ1) is 18.6. The summed E-state index contributed by atoms with van der Waals surface area (Å²) in [5.74, 6) is -0.0236. The second-order valence-electron chi connectivity index (χ2n) is 7.34. The number of nitriles is 1. The minimum Gasteiger partial charge on any atom is -0.494 e. The predicted molar refractivity (Wildman–Crippen MR) is 109 cm³/mol. The number of nitrogens with zero attached hydrogens (tertiary/aromatic N) is 5. The van der Waals surface area contributed by atoms with Crippen LogP contribution in [0.4, 0.5) is 5.95 Å². The molecule has 4 aromatic rings. The van der Waals surface area contributed by atoms with E-state index in [1.54, 1.807) is 16.8 Å². The van der Waals surface area contributed by atoms with Crippen LogP contribution in [0, 0.1) is 11.3 Å². The standard InChI is InChI=1S/C21H18N8O2/c22-10-16(12-4-2-1-3-5-12)25-20-27-18-14(8-13-9-17(30)26-19(13)31)11-23-29(18)21(28-20)24-15-6-7-15/h1-5,8-9,11,15-16,26,30-31H,6-7H2,(H,24,25,28)/p+1. The van der Waals surface area contributed by atoms with Gasteiger partial charge in [-0.15, -0.1) is 5.10 Å². The largest absolute Gasteiger partial charge is 0.494 e. The van der Waals surface area contributed by atoms with E-state index in [2.05, 4.69) is 36.4 Å². The van der Waals surface area contributed by atoms with Gasteiger partial charge in [-0.25, -0.2) is 0 Å². The average molecular weight is 415 g/mol. The van der Waals surface area contributed by atoms with Crippen molar-refractivity contribution < 1.29 is 15.2 Å². The van der Waals surface area contributed by atoms with Gasteiger partial charge in [0.1, 0.15) is 6.04 Å². The lowest BCUT2D eigenvalue weighted by Gasteiger charge is -2.09. The molecule has 0 aliphatic heterocycles. The van der Waals surface area contributed by atoms with Crippen molar-refractivity contribution in [3.63, 3.8) is 0 Å². The third-order valence-electron chi connectivity index (χ3n) is 4.96. The summed E-state index contributed by atoms with van der Waals surface area (Å²) in [6, 6.07) is 12.7. The van der Waals surface area contributed by atoms with Crippen molar-refractivity contribution in [2.45, 2.75) is 24.9 Å². The highest BCUT2D eigenvalue weighted by Gasteiger charge is 2.24. The van der Waals surface area contributed by atoms with Crippen molar-refractivity contribution in [1.29, 1.82) is 5.26 Å². The topological polar surface area (TPSA) is 149 Å². The highest BCUT2D eigenvalue weighted by Crippen LogP contribution is 2.22. The van der Waals surface area contributed by atoms with E-state index < -0.39 is 6.04 Å². The van der Waals surface area contributed by atoms with E-state index in [0.29, 0.717) is 28.1 Å². The van der Waals surface area contributed by atoms with Crippen molar-refractivity contribution in [3.05, 3.63) is 64.6 Å². The molecule has 0 bridgehead atoms. The lowest BCUT2D eigenvalue weighted by Crippen LogP contribution is -2.80. The summed E-state index contributed by atoms with van der Waals surface area (Å²) in [4.78, 5) is 14.9. The number of rotatable bonds is 5. The molecule has 0 saturated heterocycles. The maximum absolute atomic E-state index is 9.95. The molecule has 1 saturated carbocycles. The molecule has 1 aliphatic carbocycles. The van der Waals surface area contributed by atoms with Crippen LogP contribution in [0.15, 0.2) is 42.6 Å². The first-order chi connectivity index (χ1) is 15.1. The molecule has 3 aromatic heterocycles. The lowest BCUT2D eigenvalue weighted by molar-refractivity contribution is -0.523. The molecular weight excluding hydrogens is 396 g/mol. The van der Waals surface area contributed by atoms with Gasteiger partial charge in [0.05, 0.1) is 23.5 Å². The van der Waals surface area contributed by atoms with Crippen molar-refractivity contribution in [3.8, 4) is 17.8 Å². The molecule has 5 rings (SSSR count). The van der Waals surface area contributed by atoms with Gasteiger partial charge in [0.15, 0.2) is 11.8 Å². The van der Waals surface area contributed by atoms with Crippen molar-refractivity contribution in [1.82, 2.24) is 24.6 Å². The van der Waals surface area contributed by atoms with Crippen LogP contribution < -0.4 is 21.1 Å². The zero-order chi connectivity index (χ0) is 21.4. The smallest absolute Gasteiger partial charge is 0.421 e. The number of benzene rings is 1. The van der Waals surface area contributed by atoms with Gasteiger partial charge in [0.2, 0.25) is 5.65 Å². The molecule has 1 aromatic carbocycles. The molecule has 0 spiro atoms. The Morgan fingerprint density at radius 2 is 2.06 bits per heavy atom. The molecule has 1 aliphatic rings. The Labute approximate surface area is 175 Å². The van der Waals surface area contributed by atoms with E-state index in [-0.39, 0.29) is 17.7 Å². The van der Waals surface area contributed by atoms with Gasteiger partial charge in [-0.05, 0) is 29.5 Å². The van der Waals surface area contributed by atoms with Gasteiger partial charge in [-0.1, -0.05) is 34.8 Å². The van der Waals surface area contributed by atoms with Crippen LogP contribution >= 0.6 is 0 Å². The quantitative estimate of drug-likeness (QED) is 0.287. The molecule has 10 heteroatoms. The van der Waals surface area contributed by atoms with Crippen LogP contribution in [0.3, 0.4) is 0 Å². The number of H-pyrrole nitrogens is 1. The minimum absolute atomic E-state index is 0.145. The third-order valence-corrected chi connectivity index (χ3v) is 4.96. The Morgan fingerprint density at radius 3 is 2.74 bits per heavy atom. The minimum atomic E-state index is -0.626. The van der Waals surface area contributed by atoms with E-state index in [1.807, 2.05) is 30.3 Å². The van der Waals surface area contributed by atoms with E-state index in [0.717, 1.165) is 18.4 Å². The maximum Gasteiger partial charge on any atom is 0.421 e. The Kier molecular flexibility index (Phi) is 4.48. The van der Waals surface area contributed by atoms with E-state index in [1.165, 1.54) is 6.07 Å². The van der Waals surface area contributed by atoms with Gasteiger partial charge in [0, 0.05) is 11.6 Å². The van der Waals surface area contributed by atoms with Gasteiger partial charge >= 0.3 is 11.6 Å². The zero-order valence-electron chi connectivity index (χ0n) is 16.3. The van der Waals surface area contributed by atoms with E-state index in [9.17, 15) is 15.5 Å². The summed E-state index contributed by atoms with van der Waals surface area (Å²) >= 11 is 0. The van der Waals surface area contributed by atoms with Gasteiger partial charge in [-0.3, -0.25) is 9.98 Å². The predicted octanol–water partition coefficient (Wildman–Crippen LogP) is -0.768. The number of aromatic amines is 1. The van der Waals surface area contributed by atoms with Crippen molar-refractivity contribution in [2.75, 3.05) is 5.32 Å². The van der Waals surface area contributed by atoms with Crippen molar-refractivity contribution >= 4 is 17.7 Å². The van der Waals surface area contributed by atoms with Crippen LogP contribution in [0.5, 0.6) is 11.8 Å². The summed E-state index contributed by atoms with van der Waals surface area (Å²) in [6.45, 7) is 0. The van der Waals surface area contributed by atoms with Crippen LogP contribution in [0.1, 0.15) is 30.0 Å². The molecule has 0 amide bonds. The first-order valence-electron chi connectivity index (χ1n) is 9.80. The van der Waals surface area contributed by atoms with Crippen LogP contribution in [0.2, 0.25) is 0 Å². The molecule has 1 fully saturated rings. The second kappa shape index (κ2) is 7.46. The highest BCUT2D eigenvalue weighted by atomic mass is 16.3. The van der Waals surface area contributed by atoms with Gasteiger partial charge < -0.3 is 15.5 Å². The summed E-state index contributed by atoms with van der Waals surface area (Å²) in [7, 11) is 0. The molecule has 10 nitrogen and oxygen atoms in total. The van der Waals surface area contributed by atoms with Gasteiger partial charge in [-0.2, -0.15) is 10.2 Å². The van der Waals surface area contributed by atoms with Crippen molar-refractivity contribution in [2.24, 2.45) is 0 Å². The number of hydrogen-bond acceptors (Lipinski definition) is 7. The number of hydrogen-bond donors (Lipinski definition) is 5. The highest BCUT2D eigenvalue weighted by molar-refractivity contribution is 5.61. The number of aromatic hydroxyl groups is 2. The molecule has 154 valence electrons. The Bertz CT molecular complexity index is 1410. The van der Waals surface area contributed by atoms with Crippen LogP contribution in [-0.2, 0) is 0 Å². The van der Waals surface area contributed by atoms with E-state index >= 15 is 0 Å². The number of nitrogens with one attached hydrogen (secondary N) is 3. The Balaban J connectivity index is 1.64. The monoisotopic (exact) mass is 415 g/mol. The van der Waals surface area contributed by atoms with Gasteiger partial charge in [0.25, 0.3) is 0 Å².